The first-order valence-electron chi connectivity index (χ1n) is 10.3. The summed E-state index contributed by atoms with van der Waals surface area (Å²) in [6, 6.07) is 16.2. The number of aromatic nitrogens is 1. The second-order valence-corrected chi connectivity index (χ2v) is 7.39. The van der Waals surface area contributed by atoms with Crippen LogP contribution < -0.4 is 15.0 Å². The van der Waals surface area contributed by atoms with Crippen molar-refractivity contribution in [1.29, 1.82) is 0 Å². The van der Waals surface area contributed by atoms with E-state index >= 15 is 0 Å². The Morgan fingerprint density at radius 3 is 2.65 bits per heavy atom. The molecule has 1 N–H and O–H groups in total. The van der Waals surface area contributed by atoms with E-state index in [0.29, 0.717) is 17.9 Å². The number of nitrogens with zero attached hydrogens (tertiary/aromatic N) is 2. The number of carbonyl (C=O) groups excluding carboxylic acids is 1. The van der Waals surface area contributed by atoms with E-state index in [1.165, 1.54) is 42.9 Å². The quantitative estimate of drug-likeness (QED) is 0.553. The number of hydrogen-bond donors (Lipinski definition) is 1. The van der Waals surface area contributed by atoms with E-state index in [9.17, 15) is 9.18 Å². The van der Waals surface area contributed by atoms with E-state index in [2.05, 4.69) is 27.3 Å². The summed E-state index contributed by atoms with van der Waals surface area (Å²) in [7, 11) is 0. The van der Waals surface area contributed by atoms with Crippen molar-refractivity contribution in [3.05, 3.63) is 90.0 Å². The van der Waals surface area contributed by atoms with Crippen LogP contribution in [0.15, 0.2) is 73.1 Å². The molecule has 31 heavy (non-hydrogen) atoms. The van der Waals surface area contributed by atoms with Gasteiger partial charge in [0.15, 0.2) is 11.6 Å². The van der Waals surface area contributed by atoms with Gasteiger partial charge in [0.1, 0.15) is 5.75 Å². The Bertz CT molecular complexity index is 1050. The van der Waals surface area contributed by atoms with Crippen LogP contribution in [0, 0.1) is 5.82 Å². The minimum absolute atomic E-state index is 0.104. The highest BCUT2D eigenvalue weighted by Crippen LogP contribution is 2.25. The molecule has 2 heterocycles. The van der Waals surface area contributed by atoms with Gasteiger partial charge in [-0.2, -0.15) is 0 Å². The molecule has 2 aromatic carbocycles. The van der Waals surface area contributed by atoms with Crippen LogP contribution in [0.25, 0.3) is 6.08 Å². The molecule has 0 aliphatic carbocycles. The topological polar surface area (TPSA) is 54.5 Å². The highest BCUT2D eigenvalue weighted by atomic mass is 19.1. The maximum absolute atomic E-state index is 14.3. The summed E-state index contributed by atoms with van der Waals surface area (Å²) >= 11 is 0. The molecule has 0 saturated carbocycles. The summed E-state index contributed by atoms with van der Waals surface area (Å²) in [4.78, 5) is 18.4. The molecule has 3 aromatic rings. The van der Waals surface area contributed by atoms with Gasteiger partial charge in [-0.15, -0.1) is 0 Å². The third-order valence-corrected chi connectivity index (χ3v) is 5.12. The van der Waals surface area contributed by atoms with E-state index in [0.717, 1.165) is 18.7 Å². The molecule has 1 saturated heterocycles. The van der Waals surface area contributed by atoms with Crippen LogP contribution in [0.3, 0.4) is 0 Å². The molecule has 0 atom stereocenters. The van der Waals surface area contributed by atoms with Gasteiger partial charge in [0.25, 0.3) is 0 Å². The lowest BCUT2D eigenvalue weighted by Gasteiger charge is -2.17. The summed E-state index contributed by atoms with van der Waals surface area (Å²) in [5, 5.41) is 2.85. The first-order valence-corrected chi connectivity index (χ1v) is 10.3. The Labute approximate surface area is 181 Å². The third-order valence-electron chi connectivity index (χ3n) is 5.12. The highest BCUT2D eigenvalue weighted by Gasteiger charge is 2.11. The van der Waals surface area contributed by atoms with Crippen molar-refractivity contribution >= 4 is 17.7 Å². The van der Waals surface area contributed by atoms with Gasteiger partial charge in [-0.25, -0.2) is 4.39 Å². The van der Waals surface area contributed by atoms with E-state index in [4.69, 9.17) is 4.74 Å². The van der Waals surface area contributed by atoms with Crippen molar-refractivity contribution in [2.24, 2.45) is 0 Å². The van der Waals surface area contributed by atoms with Gasteiger partial charge in [0, 0.05) is 37.6 Å². The van der Waals surface area contributed by atoms with Crippen molar-refractivity contribution in [3.63, 3.8) is 0 Å². The van der Waals surface area contributed by atoms with Gasteiger partial charge >= 0.3 is 0 Å². The summed E-state index contributed by atoms with van der Waals surface area (Å²) in [5.41, 5.74) is 2.83. The molecular weight excluding hydrogens is 393 g/mol. The number of benzene rings is 2. The average molecular weight is 417 g/mol. The predicted octanol–water partition coefficient (Wildman–Crippen LogP) is 4.94. The summed E-state index contributed by atoms with van der Waals surface area (Å²) < 4.78 is 19.8. The number of nitrogens with one attached hydrogen (secondary N) is 1. The minimum atomic E-state index is -0.510. The fourth-order valence-corrected chi connectivity index (χ4v) is 3.46. The molecule has 1 aliphatic heterocycles. The van der Waals surface area contributed by atoms with Gasteiger partial charge in [0.2, 0.25) is 5.91 Å². The molecular formula is C25H24FN3O2. The van der Waals surface area contributed by atoms with Crippen molar-refractivity contribution in [1.82, 2.24) is 10.3 Å². The molecule has 1 amide bonds. The number of carbonyl (C=O) groups is 1. The van der Waals surface area contributed by atoms with Gasteiger partial charge < -0.3 is 15.0 Å². The molecule has 0 unspecified atom stereocenters. The number of pyridine rings is 1. The Balaban J connectivity index is 1.29. The Hall–Kier alpha value is -3.67. The maximum atomic E-state index is 14.3. The summed E-state index contributed by atoms with van der Waals surface area (Å²) in [5.74, 6) is -0.186. The largest absolute Gasteiger partial charge is 0.453 e. The van der Waals surface area contributed by atoms with Crippen LogP contribution in [-0.2, 0) is 11.3 Å². The zero-order chi connectivity index (χ0) is 21.5. The monoisotopic (exact) mass is 417 g/mol. The summed E-state index contributed by atoms with van der Waals surface area (Å²) in [6.45, 7) is 2.66. The molecule has 4 rings (SSSR count). The smallest absolute Gasteiger partial charge is 0.244 e. The van der Waals surface area contributed by atoms with E-state index in [1.54, 1.807) is 30.5 Å². The second-order valence-electron chi connectivity index (χ2n) is 7.39. The SMILES string of the molecule is O=C(/C=C/c1ccc(Oc2cccnc2)c(F)c1)NCc1ccc(N2CCCC2)cc1. The standard InChI is InChI=1S/C25H24FN3O2/c26-23-16-19(7-11-24(23)31-22-4-3-13-27-18-22)8-12-25(30)28-17-20-5-9-21(10-6-20)29-14-1-2-15-29/h3-13,16,18H,1-2,14-15,17H2,(H,28,30)/b12-8+. The van der Waals surface area contributed by atoms with E-state index in [1.807, 2.05) is 12.1 Å². The van der Waals surface area contributed by atoms with Crippen molar-refractivity contribution in [2.45, 2.75) is 19.4 Å². The molecule has 0 bridgehead atoms. The Kier molecular flexibility index (Phi) is 6.57. The number of anilines is 1. The third kappa shape index (κ3) is 5.69. The van der Waals surface area contributed by atoms with Gasteiger partial charge in [-0.3, -0.25) is 9.78 Å². The van der Waals surface area contributed by atoms with Crippen LogP contribution in [0.4, 0.5) is 10.1 Å². The zero-order valence-corrected chi connectivity index (χ0v) is 17.1. The normalized spacial score (nSPS) is 13.5. The molecule has 6 heteroatoms. The number of hydrogen-bond acceptors (Lipinski definition) is 4. The molecule has 1 fully saturated rings. The molecule has 1 aliphatic rings. The molecule has 1 aromatic heterocycles. The van der Waals surface area contributed by atoms with Crippen molar-refractivity contribution in [3.8, 4) is 11.5 Å². The number of rotatable bonds is 7. The van der Waals surface area contributed by atoms with Gasteiger partial charge in [-0.1, -0.05) is 18.2 Å². The molecule has 5 nitrogen and oxygen atoms in total. The first kappa shape index (κ1) is 20.6. The second kappa shape index (κ2) is 9.89. The Morgan fingerprint density at radius 1 is 1.13 bits per heavy atom. The van der Waals surface area contributed by atoms with Crippen LogP contribution in [0.2, 0.25) is 0 Å². The van der Waals surface area contributed by atoms with Gasteiger partial charge in [-0.05, 0) is 66.4 Å². The lowest BCUT2D eigenvalue weighted by atomic mass is 10.2. The lowest BCUT2D eigenvalue weighted by Crippen LogP contribution is -2.20. The van der Waals surface area contributed by atoms with Crippen LogP contribution in [0.5, 0.6) is 11.5 Å². The van der Waals surface area contributed by atoms with Crippen LogP contribution in [-0.4, -0.2) is 24.0 Å². The van der Waals surface area contributed by atoms with E-state index in [-0.39, 0.29) is 11.7 Å². The predicted molar refractivity (Wildman–Crippen MR) is 119 cm³/mol. The molecule has 158 valence electrons. The average Bonchev–Trinajstić information content (AvgIpc) is 3.34. The molecule has 0 spiro atoms. The number of ether oxygens (including phenoxy) is 1. The van der Waals surface area contributed by atoms with Crippen LogP contribution >= 0.6 is 0 Å². The fourth-order valence-electron chi connectivity index (χ4n) is 3.46. The zero-order valence-electron chi connectivity index (χ0n) is 17.1. The molecule has 0 radical (unpaired) electrons. The van der Waals surface area contributed by atoms with Crippen molar-refractivity contribution < 1.29 is 13.9 Å². The van der Waals surface area contributed by atoms with E-state index < -0.39 is 5.82 Å². The highest BCUT2D eigenvalue weighted by molar-refractivity contribution is 5.91. The minimum Gasteiger partial charge on any atom is -0.453 e. The van der Waals surface area contributed by atoms with Gasteiger partial charge in [0.05, 0.1) is 6.20 Å². The maximum Gasteiger partial charge on any atom is 0.244 e. The Morgan fingerprint density at radius 2 is 1.94 bits per heavy atom. The summed E-state index contributed by atoms with van der Waals surface area (Å²) in [6.07, 6.45) is 8.59. The lowest BCUT2D eigenvalue weighted by molar-refractivity contribution is -0.116. The van der Waals surface area contributed by atoms with Crippen LogP contribution in [0.1, 0.15) is 24.0 Å². The van der Waals surface area contributed by atoms with Crippen molar-refractivity contribution in [2.75, 3.05) is 18.0 Å². The number of halogens is 1. The number of amides is 1. The first-order chi connectivity index (χ1) is 15.2. The fraction of sp³-hybridized carbons (Fsp3) is 0.200.